The summed E-state index contributed by atoms with van der Waals surface area (Å²) in [7, 11) is 0. The maximum absolute atomic E-state index is 13.4. The molecular weight excluding hydrogens is 355 g/mol. The number of halogens is 6. The molecule has 3 nitrogen and oxygen atoms in total. The van der Waals surface area contributed by atoms with E-state index in [4.69, 9.17) is 11.6 Å². The van der Waals surface area contributed by atoms with Crippen LogP contribution >= 0.6 is 11.6 Å². The average molecular weight is 365 g/mol. The second-order valence-electron chi connectivity index (χ2n) is 4.72. The average Bonchev–Trinajstić information content (AvgIpc) is 2.48. The predicted molar refractivity (Wildman–Crippen MR) is 79.9 cm³/mol. The number of hydrogen-bond acceptors (Lipinski definition) is 2. The molecule has 0 bridgehead atoms. The monoisotopic (exact) mass is 364 g/mol. The molecule has 2 aromatic carbocycles. The maximum atomic E-state index is 13.4. The highest BCUT2D eigenvalue weighted by Crippen LogP contribution is 2.36. The molecule has 0 fully saturated rings. The fourth-order valence-corrected chi connectivity index (χ4v) is 2.04. The molecule has 0 aliphatic heterocycles. The summed E-state index contributed by atoms with van der Waals surface area (Å²) in [5.74, 6) is -2.48. The van der Waals surface area contributed by atoms with E-state index >= 15 is 0 Å². The Hall–Kier alpha value is -2.35. The zero-order valence-electron chi connectivity index (χ0n) is 11.8. The molecule has 128 valence electrons. The highest BCUT2D eigenvalue weighted by molar-refractivity contribution is 6.31. The summed E-state index contributed by atoms with van der Waals surface area (Å²) in [6.45, 7) is -0.421. The Morgan fingerprint density at radius 1 is 1.08 bits per heavy atom. The molecule has 0 aliphatic carbocycles. The first kappa shape index (κ1) is 18.0. The largest absolute Gasteiger partial charge is 0.417 e. The van der Waals surface area contributed by atoms with Gasteiger partial charge < -0.3 is 10.6 Å². The molecule has 0 aliphatic rings. The Balaban J connectivity index is 2.01. The van der Waals surface area contributed by atoms with E-state index in [-0.39, 0.29) is 11.4 Å². The summed E-state index contributed by atoms with van der Waals surface area (Å²) in [4.78, 5) is 11.7. The standard InChI is InChI=1S/C15H10ClF5N2O/c16-11-3-2-9(6-10(11)15(19,20)21)22-7-14(24)23-13-4-1-8(17)5-12(13)18/h1-6,22H,7H2,(H,23,24). The summed E-state index contributed by atoms with van der Waals surface area (Å²) in [6, 6.07) is 5.66. The van der Waals surface area contributed by atoms with Gasteiger partial charge in [-0.05, 0) is 30.3 Å². The number of rotatable bonds is 4. The van der Waals surface area contributed by atoms with Crippen molar-refractivity contribution in [3.63, 3.8) is 0 Å². The topological polar surface area (TPSA) is 41.1 Å². The quantitative estimate of drug-likeness (QED) is 0.773. The first-order valence-electron chi connectivity index (χ1n) is 6.52. The smallest absolute Gasteiger partial charge is 0.376 e. The molecule has 2 rings (SSSR count). The minimum Gasteiger partial charge on any atom is -0.376 e. The number of anilines is 2. The van der Waals surface area contributed by atoms with Crippen LogP contribution in [-0.2, 0) is 11.0 Å². The molecule has 0 radical (unpaired) electrons. The molecule has 2 aromatic rings. The molecule has 0 spiro atoms. The van der Waals surface area contributed by atoms with Gasteiger partial charge in [0.2, 0.25) is 5.91 Å². The van der Waals surface area contributed by atoms with Crippen LogP contribution in [0.3, 0.4) is 0 Å². The lowest BCUT2D eigenvalue weighted by molar-refractivity contribution is -0.137. The van der Waals surface area contributed by atoms with E-state index in [9.17, 15) is 26.7 Å². The molecule has 0 aromatic heterocycles. The number of carbonyl (C=O) groups is 1. The van der Waals surface area contributed by atoms with Gasteiger partial charge in [-0.25, -0.2) is 8.78 Å². The number of nitrogens with one attached hydrogen (secondary N) is 2. The van der Waals surface area contributed by atoms with Crippen LogP contribution in [-0.4, -0.2) is 12.5 Å². The minimum absolute atomic E-state index is 0.0152. The van der Waals surface area contributed by atoms with Gasteiger partial charge in [0.15, 0.2) is 0 Å². The Labute approximate surface area is 138 Å². The maximum Gasteiger partial charge on any atom is 0.417 e. The molecule has 9 heteroatoms. The summed E-state index contributed by atoms with van der Waals surface area (Å²) in [5.41, 5.74) is -1.27. The van der Waals surface area contributed by atoms with Crippen molar-refractivity contribution in [1.82, 2.24) is 0 Å². The Kier molecular flexibility index (Phi) is 5.28. The number of benzene rings is 2. The first-order chi connectivity index (χ1) is 11.2. The minimum atomic E-state index is -4.63. The van der Waals surface area contributed by atoms with Crippen molar-refractivity contribution in [1.29, 1.82) is 0 Å². The van der Waals surface area contributed by atoms with Gasteiger partial charge in [-0.2, -0.15) is 13.2 Å². The third kappa shape index (κ3) is 4.58. The van der Waals surface area contributed by atoms with E-state index < -0.39 is 40.8 Å². The van der Waals surface area contributed by atoms with Gasteiger partial charge in [-0.3, -0.25) is 4.79 Å². The zero-order valence-corrected chi connectivity index (χ0v) is 12.6. The fraction of sp³-hybridized carbons (Fsp3) is 0.133. The van der Waals surface area contributed by atoms with E-state index in [1.54, 1.807) is 0 Å². The van der Waals surface area contributed by atoms with Crippen molar-refractivity contribution in [2.75, 3.05) is 17.2 Å². The van der Waals surface area contributed by atoms with Crippen molar-refractivity contribution in [2.45, 2.75) is 6.18 Å². The Bertz CT molecular complexity index is 764. The third-order valence-electron chi connectivity index (χ3n) is 2.93. The van der Waals surface area contributed by atoms with Gasteiger partial charge in [-0.15, -0.1) is 0 Å². The second-order valence-corrected chi connectivity index (χ2v) is 5.13. The van der Waals surface area contributed by atoms with Crippen LogP contribution < -0.4 is 10.6 Å². The van der Waals surface area contributed by atoms with Crippen molar-refractivity contribution >= 4 is 28.9 Å². The van der Waals surface area contributed by atoms with Crippen molar-refractivity contribution < 1.29 is 26.7 Å². The molecule has 0 saturated carbocycles. The summed E-state index contributed by atoms with van der Waals surface area (Å²) < 4.78 is 64.3. The van der Waals surface area contributed by atoms with Crippen molar-refractivity contribution in [2.24, 2.45) is 0 Å². The number of hydrogen-bond donors (Lipinski definition) is 2. The van der Waals surface area contributed by atoms with Gasteiger partial charge in [0.05, 0.1) is 22.8 Å². The molecule has 1 amide bonds. The summed E-state index contributed by atoms with van der Waals surface area (Å²) in [6.07, 6.45) is -4.63. The molecule has 0 saturated heterocycles. The van der Waals surface area contributed by atoms with Crippen molar-refractivity contribution in [3.8, 4) is 0 Å². The molecular formula is C15H10ClF5N2O. The molecule has 2 N–H and O–H groups in total. The van der Waals surface area contributed by atoms with Crippen LogP contribution in [0, 0.1) is 11.6 Å². The van der Waals surface area contributed by atoms with E-state index in [0.29, 0.717) is 6.07 Å². The molecule has 24 heavy (non-hydrogen) atoms. The lowest BCUT2D eigenvalue weighted by atomic mass is 10.2. The Morgan fingerprint density at radius 3 is 2.42 bits per heavy atom. The highest BCUT2D eigenvalue weighted by atomic mass is 35.5. The third-order valence-corrected chi connectivity index (χ3v) is 3.26. The van der Waals surface area contributed by atoms with Crippen LogP contribution in [0.5, 0.6) is 0 Å². The van der Waals surface area contributed by atoms with Crippen LogP contribution in [0.1, 0.15) is 5.56 Å². The van der Waals surface area contributed by atoms with Gasteiger partial charge in [0.25, 0.3) is 0 Å². The van der Waals surface area contributed by atoms with Crippen LogP contribution in [0.25, 0.3) is 0 Å². The van der Waals surface area contributed by atoms with Gasteiger partial charge >= 0.3 is 6.18 Å². The lowest BCUT2D eigenvalue weighted by Gasteiger charge is -2.12. The van der Waals surface area contributed by atoms with Crippen LogP contribution in [0.2, 0.25) is 5.02 Å². The SMILES string of the molecule is O=C(CNc1ccc(Cl)c(C(F)(F)F)c1)Nc1ccc(F)cc1F. The van der Waals surface area contributed by atoms with E-state index in [2.05, 4.69) is 10.6 Å². The second kappa shape index (κ2) is 7.04. The first-order valence-corrected chi connectivity index (χ1v) is 6.90. The van der Waals surface area contributed by atoms with Crippen LogP contribution in [0.4, 0.5) is 33.3 Å². The van der Waals surface area contributed by atoms with E-state index in [1.165, 1.54) is 6.07 Å². The van der Waals surface area contributed by atoms with Gasteiger partial charge in [-0.1, -0.05) is 11.6 Å². The zero-order chi connectivity index (χ0) is 17.9. The summed E-state index contributed by atoms with van der Waals surface area (Å²) in [5, 5.41) is 4.17. The fourth-order valence-electron chi connectivity index (χ4n) is 1.82. The number of carbonyl (C=O) groups excluding carboxylic acids is 1. The molecule has 0 atom stereocenters. The van der Waals surface area contributed by atoms with Gasteiger partial charge in [0.1, 0.15) is 11.6 Å². The van der Waals surface area contributed by atoms with Crippen LogP contribution in [0.15, 0.2) is 36.4 Å². The molecule has 0 heterocycles. The van der Waals surface area contributed by atoms with E-state index in [1.807, 2.05) is 0 Å². The lowest BCUT2D eigenvalue weighted by Crippen LogP contribution is -2.22. The van der Waals surface area contributed by atoms with E-state index in [0.717, 1.165) is 24.3 Å². The molecule has 0 unspecified atom stereocenters. The number of amides is 1. The normalized spacial score (nSPS) is 11.2. The van der Waals surface area contributed by atoms with Gasteiger partial charge in [0, 0.05) is 11.8 Å². The van der Waals surface area contributed by atoms with Crippen molar-refractivity contribution in [3.05, 3.63) is 58.6 Å². The highest BCUT2D eigenvalue weighted by Gasteiger charge is 2.33. The Morgan fingerprint density at radius 2 is 1.79 bits per heavy atom. The summed E-state index contributed by atoms with van der Waals surface area (Å²) >= 11 is 5.48. The number of alkyl halides is 3. The predicted octanol–water partition coefficient (Wildman–Crippen LogP) is 4.69.